The van der Waals surface area contributed by atoms with Crippen molar-refractivity contribution in [3.8, 4) is 0 Å². The van der Waals surface area contributed by atoms with Crippen LogP contribution in [0.2, 0.25) is 0 Å². The molecule has 2 heterocycles. The average molecular weight is 289 g/mol. The molecule has 1 fully saturated rings. The van der Waals surface area contributed by atoms with Crippen LogP contribution in [-0.4, -0.2) is 35.1 Å². The summed E-state index contributed by atoms with van der Waals surface area (Å²) in [4.78, 5) is 22.6. The Morgan fingerprint density at radius 3 is 2.67 bits per heavy atom. The van der Waals surface area contributed by atoms with Crippen molar-refractivity contribution in [2.75, 3.05) is 18.0 Å². The number of nitrogens with zero attached hydrogens (tertiary/aromatic N) is 3. The minimum absolute atomic E-state index is 0.192. The van der Waals surface area contributed by atoms with Gasteiger partial charge in [0.05, 0.1) is 0 Å². The first-order valence-electron chi connectivity index (χ1n) is 7.81. The summed E-state index contributed by atoms with van der Waals surface area (Å²) < 4.78 is 0. The maximum absolute atomic E-state index is 10.9. The fraction of sp³-hybridized carbons (Fsp3) is 0.667. The topological polar surface area (TPSA) is 84.1 Å². The first-order chi connectivity index (χ1) is 10.1. The Balaban J connectivity index is 1.76. The third kappa shape index (κ3) is 3.09. The summed E-state index contributed by atoms with van der Waals surface area (Å²) in [5, 5.41) is 2.81. The lowest BCUT2D eigenvalue weighted by molar-refractivity contribution is 0.242. The number of rotatable bonds is 2. The van der Waals surface area contributed by atoms with E-state index in [1.807, 2.05) is 6.92 Å². The second-order valence-corrected chi connectivity index (χ2v) is 6.00. The molecular formula is C15H23N5O. The molecule has 3 rings (SSSR count). The molecule has 6 nitrogen and oxygen atoms in total. The van der Waals surface area contributed by atoms with Gasteiger partial charge in [-0.15, -0.1) is 0 Å². The highest BCUT2D eigenvalue weighted by molar-refractivity contribution is 5.72. The molecule has 1 aromatic rings. The first-order valence-corrected chi connectivity index (χ1v) is 7.81. The molecule has 1 saturated heterocycles. The van der Waals surface area contributed by atoms with Gasteiger partial charge in [0.2, 0.25) is 0 Å². The predicted octanol–water partition coefficient (Wildman–Crippen LogP) is 1.30. The quantitative estimate of drug-likeness (QED) is 0.859. The minimum Gasteiger partial charge on any atom is -0.356 e. The van der Waals surface area contributed by atoms with Gasteiger partial charge in [-0.25, -0.2) is 14.8 Å². The summed E-state index contributed by atoms with van der Waals surface area (Å²) in [6.07, 6.45) is 6.46. The highest BCUT2D eigenvalue weighted by atomic mass is 16.2. The molecule has 0 saturated carbocycles. The van der Waals surface area contributed by atoms with Gasteiger partial charge in [0, 0.05) is 30.4 Å². The smallest absolute Gasteiger partial charge is 0.312 e. The van der Waals surface area contributed by atoms with Crippen LogP contribution in [0.4, 0.5) is 10.6 Å². The molecule has 0 spiro atoms. The van der Waals surface area contributed by atoms with Gasteiger partial charge in [-0.1, -0.05) is 0 Å². The number of primary amides is 1. The van der Waals surface area contributed by atoms with Crippen molar-refractivity contribution in [1.82, 2.24) is 15.3 Å². The molecule has 0 atom stereocenters. The normalized spacial score (nSPS) is 19.2. The molecule has 2 aliphatic rings. The van der Waals surface area contributed by atoms with Gasteiger partial charge in [0.1, 0.15) is 11.6 Å². The van der Waals surface area contributed by atoms with Crippen LogP contribution in [0.5, 0.6) is 0 Å². The Bertz CT molecular complexity index is 537. The van der Waals surface area contributed by atoms with Crippen LogP contribution in [0.3, 0.4) is 0 Å². The number of carbonyl (C=O) groups excluding carboxylic acids is 1. The number of carbonyl (C=O) groups is 1. The third-order valence-corrected chi connectivity index (χ3v) is 4.41. The summed E-state index contributed by atoms with van der Waals surface area (Å²) >= 11 is 0. The number of nitrogens with two attached hydrogens (primary N) is 1. The van der Waals surface area contributed by atoms with Gasteiger partial charge in [-0.2, -0.15) is 0 Å². The number of fused-ring (bicyclic) bond motifs is 1. The SMILES string of the molecule is Cc1nc2c(c(N3CCC(NC(N)=O)CC3)n1)CCCC2. The number of hydrogen-bond donors (Lipinski definition) is 2. The number of aromatic nitrogens is 2. The molecule has 1 aliphatic heterocycles. The zero-order chi connectivity index (χ0) is 14.8. The maximum Gasteiger partial charge on any atom is 0.312 e. The Morgan fingerprint density at radius 1 is 1.24 bits per heavy atom. The molecular weight excluding hydrogens is 266 g/mol. The van der Waals surface area contributed by atoms with E-state index in [1.54, 1.807) is 0 Å². The van der Waals surface area contributed by atoms with Crippen LogP contribution in [0, 0.1) is 6.92 Å². The van der Waals surface area contributed by atoms with Gasteiger partial charge < -0.3 is 16.0 Å². The number of nitrogens with one attached hydrogen (secondary N) is 1. The fourth-order valence-corrected chi connectivity index (χ4v) is 3.39. The Labute approximate surface area is 125 Å². The standard InChI is InChI=1S/C15H23N5O/c1-10-17-13-5-3-2-4-12(13)14(18-10)20-8-6-11(7-9-20)19-15(16)21/h11H,2-9H2,1H3,(H3,16,19,21). The molecule has 21 heavy (non-hydrogen) atoms. The number of piperidine rings is 1. The molecule has 0 radical (unpaired) electrons. The molecule has 2 amide bonds. The number of hydrogen-bond acceptors (Lipinski definition) is 4. The zero-order valence-electron chi connectivity index (χ0n) is 12.6. The highest BCUT2D eigenvalue weighted by Crippen LogP contribution is 2.29. The monoisotopic (exact) mass is 289 g/mol. The van der Waals surface area contributed by atoms with E-state index < -0.39 is 6.03 Å². The Kier molecular flexibility index (Phi) is 3.94. The minimum atomic E-state index is -0.427. The summed E-state index contributed by atoms with van der Waals surface area (Å²) in [6.45, 7) is 3.79. The van der Waals surface area contributed by atoms with Crippen molar-refractivity contribution in [2.24, 2.45) is 5.73 Å². The maximum atomic E-state index is 10.9. The Morgan fingerprint density at radius 2 is 1.95 bits per heavy atom. The molecule has 0 aromatic carbocycles. The summed E-state index contributed by atoms with van der Waals surface area (Å²) in [6, 6.07) is -0.235. The van der Waals surface area contributed by atoms with Crippen molar-refractivity contribution in [3.05, 3.63) is 17.1 Å². The first kappa shape index (κ1) is 14.1. The average Bonchev–Trinajstić information content (AvgIpc) is 2.46. The second-order valence-electron chi connectivity index (χ2n) is 6.00. The lowest BCUT2D eigenvalue weighted by Gasteiger charge is -2.35. The fourth-order valence-electron chi connectivity index (χ4n) is 3.39. The van der Waals surface area contributed by atoms with Gasteiger partial charge in [-0.05, 0) is 45.4 Å². The van der Waals surface area contributed by atoms with Crippen LogP contribution in [-0.2, 0) is 12.8 Å². The van der Waals surface area contributed by atoms with Crippen LogP contribution in [0.15, 0.2) is 0 Å². The Hall–Kier alpha value is -1.85. The van der Waals surface area contributed by atoms with Gasteiger partial charge in [0.25, 0.3) is 0 Å². The van der Waals surface area contributed by atoms with E-state index in [2.05, 4.69) is 15.2 Å². The number of anilines is 1. The molecule has 114 valence electrons. The van der Waals surface area contributed by atoms with E-state index >= 15 is 0 Å². The molecule has 1 aliphatic carbocycles. The number of amides is 2. The summed E-state index contributed by atoms with van der Waals surface area (Å²) in [7, 11) is 0. The van der Waals surface area contributed by atoms with E-state index in [0.29, 0.717) is 0 Å². The summed E-state index contributed by atoms with van der Waals surface area (Å²) in [5.74, 6) is 1.98. The van der Waals surface area contributed by atoms with E-state index in [1.165, 1.54) is 24.1 Å². The van der Waals surface area contributed by atoms with E-state index in [4.69, 9.17) is 10.7 Å². The molecule has 1 aromatic heterocycles. The molecule has 3 N–H and O–H groups in total. The van der Waals surface area contributed by atoms with Crippen molar-refractivity contribution in [2.45, 2.75) is 51.5 Å². The zero-order valence-corrected chi connectivity index (χ0v) is 12.6. The van der Waals surface area contributed by atoms with Gasteiger partial charge in [-0.3, -0.25) is 0 Å². The van der Waals surface area contributed by atoms with E-state index in [9.17, 15) is 4.79 Å². The lowest BCUT2D eigenvalue weighted by Crippen LogP contribution is -2.47. The lowest BCUT2D eigenvalue weighted by atomic mass is 9.95. The predicted molar refractivity (Wildman–Crippen MR) is 81.4 cm³/mol. The van der Waals surface area contributed by atoms with Gasteiger partial charge >= 0.3 is 6.03 Å². The van der Waals surface area contributed by atoms with Crippen molar-refractivity contribution in [1.29, 1.82) is 0 Å². The van der Waals surface area contributed by atoms with Crippen LogP contribution < -0.4 is 16.0 Å². The van der Waals surface area contributed by atoms with E-state index in [-0.39, 0.29) is 6.04 Å². The van der Waals surface area contributed by atoms with Crippen molar-refractivity contribution < 1.29 is 4.79 Å². The number of aryl methyl sites for hydroxylation is 2. The van der Waals surface area contributed by atoms with Crippen LogP contribution >= 0.6 is 0 Å². The van der Waals surface area contributed by atoms with Gasteiger partial charge in [0.15, 0.2) is 0 Å². The molecule has 0 unspecified atom stereocenters. The largest absolute Gasteiger partial charge is 0.356 e. The molecule has 6 heteroatoms. The highest BCUT2D eigenvalue weighted by Gasteiger charge is 2.25. The van der Waals surface area contributed by atoms with Crippen LogP contribution in [0.25, 0.3) is 0 Å². The van der Waals surface area contributed by atoms with Crippen LogP contribution in [0.1, 0.15) is 42.8 Å². The third-order valence-electron chi connectivity index (χ3n) is 4.41. The van der Waals surface area contributed by atoms with E-state index in [0.717, 1.165) is 50.4 Å². The molecule has 0 bridgehead atoms. The number of urea groups is 1. The van der Waals surface area contributed by atoms with Crippen molar-refractivity contribution in [3.63, 3.8) is 0 Å². The summed E-state index contributed by atoms with van der Waals surface area (Å²) in [5.41, 5.74) is 7.77. The second kappa shape index (κ2) is 5.87. The van der Waals surface area contributed by atoms with Crippen molar-refractivity contribution >= 4 is 11.8 Å².